The number of hydrogen-bond donors (Lipinski definition) is 4. The Hall–Kier alpha value is -2.05. The van der Waals surface area contributed by atoms with Gasteiger partial charge in [0.05, 0.1) is 11.8 Å². The van der Waals surface area contributed by atoms with E-state index >= 15 is 0 Å². The van der Waals surface area contributed by atoms with Crippen LogP contribution in [0.25, 0.3) is 0 Å². The number of rotatable bonds is 3. The second-order valence-electron chi connectivity index (χ2n) is 4.93. The molecule has 5 N–H and O–H groups in total. The fourth-order valence-corrected chi connectivity index (χ4v) is 1.29. The topological polar surface area (TPSA) is 116 Å². The summed E-state index contributed by atoms with van der Waals surface area (Å²) < 4.78 is 0. The maximum absolute atomic E-state index is 11.7. The Kier molecular flexibility index (Phi) is 3.72. The molecule has 0 spiro atoms. The maximum Gasteiger partial charge on any atom is 0.226 e. The van der Waals surface area contributed by atoms with Gasteiger partial charge in [0.25, 0.3) is 0 Å². The second-order valence-corrected chi connectivity index (χ2v) is 4.93. The van der Waals surface area contributed by atoms with Crippen LogP contribution in [0.2, 0.25) is 0 Å². The number of hydrogen-bond acceptors (Lipinski definition) is 4. The van der Waals surface area contributed by atoms with E-state index in [1.165, 1.54) is 6.20 Å². The summed E-state index contributed by atoms with van der Waals surface area (Å²) in [6.45, 7) is 5.89. The van der Waals surface area contributed by atoms with Gasteiger partial charge in [-0.3, -0.25) is 9.89 Å². The zero-order chi connectivity index (χ0) is 13.1. The van der Waals surface area contributed by atoms with Crippen molar-refractivity contribution in [2.45, 2.75) is 27.2 Å². The third-order valence-electron chi connectivity index (χ3n) is 1.98. The lowest BCUT2D eigenvalue weighted by Gasteiger charge is -2.17. The molecule has 1 amide bonds. The van der Waals surface area contributed by atoms with Crippen molar-refractivity contribution in [2.75, 3.05) is 5.32 Å². The first-order valence-corrected chi connectivity index (χ1v) is 5.14. The van der Waals surface area contributed by atoms with Crippen LogP contribution >= 0.6 is 0 Å². The molecule has 0 aliphatic carbocycles. The third-order valence-corrected chi connectivity index (χ3v) is 1.98. The molecule has 0 atom stereocenters. The van der Waals surface area contributed by atoms with E-state index in [9.17, 15) is 4.79 Å². The van der Waals surface area contributed by atoms with Gasteiger partial charge in [0.2, 0.25) is 5.91 Å². The van der Waals surface area contributed by atoms with Crippen molar-refractivity contribution in [3.63, 3.8) is 0 Å². The van der Waals surface area contributed by atoms with E-state index in [2.05, 4.69) is 20.7 Å². The van der Waals surface area contributed by atoms with Crippen molar-refractivity contribution in [3.05, 3.63) is 11.8 Å². The van der Waals surface area contributed by atoms with Crippen LogP contribution in [0.1, 0.15) is 32.8 Å². The van der Waals surface area contributed by atoms with Gasteiger partial charge < -0.3 is 16.3 Å². The number of oxime groups is 1. The zero-order valence-electron chi connectivity index (χ0n) is 10.1. The van der Waals surface area contributed by atoms with Crippen molar-refractivity contribution in [3.8, 4) is 0 Å². The molecule has 94 valence electrons. The van der Waals surface area contributed by atoms with Crippen LogP contribution in [0, 0.1) is 5.41 Å². The fraction of sp³-hybridized carbons (Fsp3) is 0.500. The minimum absolute atomic E-state index is 0.107. The van der Waals surface area contributed by atoms with E-state index in [-0.39, 0.29) is 17.2 Å². The summed E-state index contributed by atoms with van der Waals surface area (Å²) in [5.74, 6) is 0.0631. The molecule has 0 aliphatic heterocycles. The van der Waals surface area contributed by atoms with Gasteiger partial charge in [-0.05, 0) is 5.41 Å². The van der Waals surface area contributed by atoms with Crippen LogP contribution in [0.15, 0.2) is 11.4 Å². The summed E-state index contributed by atoms with van der Waals surface area (Å²) in [5.41, 5.74) is 5.68. The van der Waals surface area contributed by atoms with E-state index in [4.69, 9.17) is 10.9 Å². The van der Waals surface area contributed by atoms with Gasteiger partial charge in [-0.1, -0.05) is 25.9 Å². The Labute approximate surface area is 99.1 Å². The second kappa shape index (κ2) is 4.86. The minimum Gasteiger partial charge on any atom is -0.409 e. The molecule has 1 aromatic heterocycles. The Balaban J connectivity index is 2.76. The molecule has 1 aromatic rings. The highest BCUT2D eigenvalue weighted by Gasteiger charge is 2.18. The average molecular weight is 239 g/mol. The molecular weight excluding hydrogens is 222 g/mol. The molecule has 0 saturated carbocycles. The molecular formula is C10H17N5O2. The number of H-pyrrole nitrogens is 1. The van der Waals surface area contributed by atoms with Gasteiger partial charge in [-0.25, -0.2) is 0 Å². The molecule has 0 saturated heterocycles. The number of carbonyl (C=O) groups excluding carboxylic acids is 1. The number of aromatic nitrogens is 2. The molecule has 0 aliphatic rings. The number of amides is 1. The number of nitrogens with zero attached hydrogens (tertiary/aromatic N) is 2. The van der Waals surface area contributed by atoms with Crippen LogP contribution in [0.3, 0.4) is 0 Å². The Bertz CT molecular complexity index is 430. The van der Waals surface area contributed by atoms with Gasteiger partial charge >= 0.3 is 0 Å². The highest BCUT2D eigenvalue weighted by atomic mass is 16.4. The predicted octanol–water partition coefficient (Wildman–Crippen LogP) is 0.879. The van der Waals surface area contributed by atoms with Crippen LogP contribution in [-0.4, -0.2) is 27.1 Å². The quantitative estimate of drug-likeness (QED) is 0.271. The number of carbonyl (C=O) groups is 1. The number of nitrogens with one attached hydrogen (secondary N) is 2. The molecule has 1 heterocycles. The SMILES string of the molecule is CC(C)(C)CC(=O)Nc1[nH]ncc1C(N)=NO. The lowest BCUT2D eigenvalue weighted by Crippen LogP contribution is -2.22. The van der Waals surface area contributed by atoms with Gasteiger partial charge in [-0.15, -0.1) is 0 Å². The Morgan fingerprint density at radius 3 is 2.82 bits per heavy atom. The molecule has 0 fully saturated rings. The smallest absolute Gasteiger partial charge is 0.226 e. The monoisotopic (exact) mass is 239 g/mol. The highest BCUT2D eigenvalue weighted by Crippen LogP contribution is 2.20. The normalized spacial score (nSPS) is 12.5. The third kappa shape index (κ3) is 3.78. The summed E-state index contributed by atoms with van der Waals surface area (Å²) >= 11 is 0. The Morgan fingerprint density at radius 1 is 1.65 bits per heavy atom. The number of anilines is 1. The zero-order valence-corrected chi connectivity index (χ0v) is 10.1. The first-order valence-electron chi connectivity index (χ1n) is 5.14. The van der Waals surface area contributed by atoms with E-state index in [1.807, 2.05) is 20.8 Å². The minimum atomic E-state index is -0.159. The molecule has 0 radical (unpaired) electrons. The fourth-order valence-electron chi connectivity index (χ4n) is 1.29. The van der Waals surface area contributed by atoms with Crippen molar-refractivity contribution < 1.29 is 10.0 Å². The van der Waals surface area contributed by atoms with Gasteiger partial charge in [-0.2, -0.15) is 5.10 Å². The maximum atomic E-state index is 11.7. The first-order chi connectivity index (χ1) is 7.83. The van der Waals surface area contributed by atoms with E-state index < -0.39 is 0 Å². The Morgan fingerprint density at radius 2 is 2.29 bits per heavy atom. The molecule has 7 nitrogen and oxygen atoms in total. The lowest BCUT2D eigenvalue weighted by atomic mass is 9.92. The molecule has 0 unspecified atom stereocenters. The summed E-state index contributed by atoms with van der Waals surface area (Å²) in [5, 5.41) is 20.4. The van der Waals surface area contributed by atoms with E-state index in [0.717, 1.165) is 0 Å². The van der Waals surface area contributed by atoms with Crippen molar-refractivity contribution in [1.29, 1.82) is 0 Å². The number of aromatic amines is 1. The van der Waals surface area contributed by atoms with Gasteiger partial charge in [0.1, 0.15) is 5.82 Å². The van der Waals surface area contributed by atoms with Gasteiger partial charge in [0, 0.05) is 6.42 Å². The lowest BCUT2D eigenvalue weighted by molar-refractivity contribution is -0.117. The predicted molar refractivity (Wildman–Crippen MR) is 63.8 cm³/mol. The molecule has 17 heavy (non-hydrogen) atoms. The standard InChI is InChI=1S/C10H17N5O2/c1-10(2,3)4-7(16)13-9-6(5-12-14-9)8(11)15-17/h5,17H,4H2,1-3H3,(H2,11,15)(H2,12,13,14,16). The summed E-state index contributed by atoms with van der Waals surface area (Å²) in [7, 11) is 0. The van der Waals surface area contributed by atoms with Gasteiger partial charge in [0.15, 0.2) is 5.84 Å². The van der Waals surface area contributed by atoms with Crippen molar-refractivity contribution in [2.24, 2.45) is 16.3 Å². The van der Waals surface area contributed by atoms with Crippen LogP contribution in [0.5, 0.6) is 0 Å². The van der Waals surface area contributed by atoms with Crippen LogP contribution < -0.4 is 11.1 Å². The average Bonchev–Trinajstić information content (AvgIpc) is 2.61. The highest BCUT2D eigenvalue weighted by molar-refractivity contribution is 6.04. The number of amidine groups is 1. The molecule has 7 heteroatoms. The number of nitrogens with two attached hydrogens (primary N) is 1. The molecule has 0 bridgehead atoms. The largest absolute Gasteiger partial charge is 0.409 e. The summed E-state index contributed by atoms with van der Waals surface area (Å²) in [6.07, 6.45) is 1.74. The van der Waals surface area contributed by atoms with E-state index in [1.54, 1.807) is 0 Å². The molecule has 1 rings (SSSR count). The van der Waals surface area contributed by atoms with Crippen molar-refractivity contribution in [1.82, 2.24) is 10.2 Å². The van der Waals surface area contributed by atoms with Crippen LogP contribution in [-0.2, 0) is 4.79 Å². The molecule has 0 aromatic carbocycles. The van der Waals surface area contributed by atoms with Crippen molar-refractivity contribution >= 4 is 17.6 Å². The summed E-state index contributed by atoms with van der Waals surface area (Å²) in [4.78, 5) is 11.7. The first kappa shape index (κ1) is 13.0. The van der Waals surface area contributed by atoms with Crippen LogP contribution in [0.4, 0.5) is 5.82 Å². The van der Waals surface area contributed by atoms with E-state index in [0.29, 0.717) is 17.8 Å². The summed E-state index contributed by atoms with van der Waals surface area (Å²) in [6, 6.07) is 0.